The van der Waals surface area contributed by atoms with E-state index >= 15 is 0 Å². The molecule has 2 aromatic carbocycles. The van der Waals surface area contributed by atoms with Crippen molar-refractivity contribution in [2.24, 2.45) is 11.1 Å². The maximum atomic E-state index is 12.9. The molecule has 8 nitrogen and oxygen atoms in total. The lowest BCUT2D eigenvalue weighted by atomic mass is 9.98. The van der Waals surface area contributed by atoms with Gasteiger partial charge in [0.05, 0.1) is 30.9 Å². The highest BCUT2D eigenvalue weighted by atomic mass is 16.6. The number of amidine groups is 1. The number of amides is 1. The number of benzene rings is 2. The average Bonchev–Trinajstić information content (AvgIpc) is 3.65. The molecule has 0 bridgehead atoms. The SMILES string of the molecule is COc1cc(/C=C2\CCCN3C2=NOC[C@@H]3CNC(=O)C2C[C@H]2c2ccccc2)ccc1-n1cnc(C)c1. The fourth-order valence-electron chi connectivity index (χ4n) is 5.54. The summed E-state index contributed by atoms with van der Waals surface area (Å²) in [7, 11) is 1.68. The standard InChI is InChI=1S/C30H33N5O3/c1-20-17-34(19-32-20)27-11-10-21(14-28(27)37-2)13-23-9-6-12-35-24(18-38-33-29(23)35)16-31-30(36)26-15-25(26)22-7-4-3-5-8-22/h3-5,7-8,10-11,13-14,17,19,24-26H,6,9,12,15-16,18H2,1-2H3,(H,31,36)/b23-13+/t24-,25-,26?/m0/s1. The van der Waals surface area contributed by atoms with E-state index < -0.39 is 0 Å². The van der Waals surface area contributed by atoms with Gasteiger partial charge in [0.1, 0.15) is 12.4 Å². The van der Waals surface area contributed by atoms with Gasteiger partial charge in [0, 0.05) is 25.2 Å². The van der Waals surface area contributed by atoms with Crippen LogP contribution in [0, 0.1) is 12.8 Å². The molecule has 3 aliphatic rings. The third kappa shape index (κ3) is 4.90. The highest BCUT2D eigenvalue weighted by molar-refractivity contribution is 6.03. The number of imidazole rings is 1. The van der Waals surface area contributed by atoms with E-state index in [0.717, 1.165) is 59.9 Å². The molecule has 3 heterocycles. The van der Waals surface area contributed by atoms with Crippen LogP contribution in [0.2, 0.25) is 0 Å². The fourth-order valence-corrected chi connectivity index (χ4v) is 5.54. The number of piperidine rings is 1. The van der Waals surface area contributed by atoms with Crippen LogP contribution in [0.3, 0.4) is 0 Å². The molecule has 2 fully saturated rings. The average molecular weight is 512 g/mol. The molecule has 3 aromatic rings. The second-order valence-electron chi connectivity index (χ2n) is 10.3. The van der Waals surface area contributed by atoms with E-state index in [1.54, 1.807) is 13.4 Å². The fraction of sp³-hybridized carbons (Fsp3) is 0.367. The second-order valence-corrected chi connectivity index (χ2v) is 10.3. The normalized spacial score (nSPS) is 23.3. The van der Waals surface area contributed by atoms with Crippen LogP contribution in [0.4, 0.5) is 0 Å². The molecule has 1 saturated heterocycles. The van der Waals surface area contributed by atoms with Gasteiger partial charge in [-0.25, -0.2) is 4.98 Å². The molecule has 196 valence electrons. The highest BCUT2D eigenvalue weighted by Gasteiger charge is 2.44. The Hall–Kier alpha value is -4.07. The number of nitrogens with one attached hydrogen (secondary N) is 1. The van der Waals surface area contributed by atoms with Gasteiger partial charge in [-0.05, 0) is 67.0 Å². The molecule has 1 aromatic heterocycles. The van der Waals surface area contributed by atoms with Gasteiger partial charge in [-0.2, -0.15) is 0 Å². The topological polar surface area (TPSA) is 81.0 Å². The van der Waals surface area contributed by atoms with E-state index in [1.807, 2.05) is 48.0 Å². The van der Waals surface area contributed by atoms with Gasteiger partial charge < -0.3 is 24.4 Å². The molecule has 3 atom stereocenters. The minimum absolute atomic E-state index is 0.0606. The Bertz CT molecular complexity index is 1380. The number of hydrogen-bond acceptors (Lipinski definition) is 6. The lowest BCUT2D eigenvalue weighted by Crippen LogP contribution is -2.53. The first kappa shape index (κ1) is 24.3. The van der Waals surface area contributed by atoms with E-state index in [1.165, 1.54) is 5.56 Å². The third-order valence-corrected chi connectivity index (χ3v) is 7.66. The van der Waals surface area contributed by atoms with Gasteiger partial charge in [0.25, 0.3) is 0 Å². The summed E-state index contributed by atoms with van der Waals surface area (Å²) in [6, 6.07) is 16.5. The molecule has 0 spiro atoms. The van der Waals surface area contributed by atoms with Crippen molar-refractivity contribution in [2.45, 2.75) is 38.1 Å². The predicted molar refractivity (Wildman–Crippen MR) is 146 cm³/mol. The highest BCUT2D eigenvalue weighted by Crippen LogP contribution is 2.47. The van der Waals surface area contributed by atoms with Crippen molar-refractivity contribution >= 4 is 17.8 Å². The van der Waals surface area contributed by atoms with Crippen LogP contribution in [0.25, 0.3) is 11.8 Å². The molecule has 6 rings (SSSR count). The molecule has 2 aliphatic heterocycles. The zero-order valence-corrected chi connectivity index (χ0v) is 21.8. The van der Waals surface area contributed by atoms with Crippen LogP contribution in [0.1, 0.15) is 42.0 Å². The minimum Gasteiger partial charge on any atom is -0.495 e. The molecule has 1 unspecified atom stereocenters. The lowest BCUT2D eigenvalue weighted by molar-refractivity contribution is -0.122. The van der Waals surface area contributed by atoms with Crippen LogP contribution in [-0.4, -0.2) is 59.0 Å². The number of nitrogens with zero attached hydrogens (tertiary/aromatic N) is 4. The van der Waals surface area contributed by atoms with Crippen LogP contribution >= 0.6 is 0 Å². The summed E-state index contributed by atoms with van der Waals surface area (Å²) in [5, 5.41) is 7.63. The lowest BCUT2D eigenvalue weighted by Gasteiger charge is -2.40. The van der Waals surface area contributed by atoms with Crippen molar-refractivity contribution in [3.8, 4) is 11.4 Å². The summed E-state index contributed by atoms with van der Waals surface area (Å²) < 4.78 is 7.66. The number of hydrogen-bond donors (Lipinski definition) is 1. The van der Waals surface area contributed by atoms with Crippen molar-refractivity contribution in [3.05, 3.63) is 83.4 Å². The van der Waals surface area contributed by atoms with Crippen LogP contribution in [0.5, 0.6) is 5.75 Å². The van der Waals surface area contributed by atoms with Gasteiger partial charge in [-0.3, -0.25) is 4.79 Å². The van der Waals surface area contributed by atoms with E-state index in [0.29, 0.717) is 19.1 Å². The van der Waals surface area contributed by atoms with Crippen LogP contribution < -0.4 is 10.1 Å². The van der Waals surface area contributed by atoms with Crippen molar-refractivity contribution in [2.75, 3.05) is 26.8 Å². The molecule has 8 heteroatoms. The first-order valence-electron chi connectivity index (χ1n) is 13.3. The Labute approximate surface area is 222 Å². The number of aryl methyl sites for hydroxylation is 1. The predicted octanol–water partition coefficient (Wildman–Crippen LogP) is 4.30. The summed E-state index contributed by atoms with van der Waals surface area (Å²) in [4.78, 5) is 25.1. The Morgan fingerprint density at radius 3 is 2.89 bits per heavy atom. The molecule has 0 radical (unpaired) electrons. The number of rotatable bonds is 7. The number of aromatic nitrogens is 2. The van der Waals surface area contributed by atoms with Crippen molar-refractivity contribution in [1.82, 2.24) is 19.8 Å². The largest absolute Gasteiger partial charge is 0.495 e. The number of fused-ring (bicyclic) bond motifs is 1. The monoisotopic (exact) mass is 511 g/mol. The quantitative estimate of drug-likeness (QED) is 0.512. The summed E-state index contributed by atoms with van der Waals surface area (Å²) in [6.45, 7) is 3.89. The molecule has 1 N–H and O–H groups in total. The first-order chi connectivity index (χ1) is 18.6. The Morgan fingerprint density at radius 1 is 1.24 bits per heavy atom. The smallest absolute Gasteiger partial charge is 0.223 e. The van der Waals surface area contributed by atoms with E-state index in [9.17, 15) is 4.79 Å². The molecule has 38 heavy (non-hydrogen) atoms. The van der Waals surface area contributed by atoms with Crippen LogP contribution in [-0.2, 0) is 9.63 Å². The molecule has 1 aliphatic carbocycles. The van der Waals surface area contributed by atoms with Gasteiger partial charge in [0.15, 0.2) is 5.84 Å². The van der Waals surface area contributed by atoms with E-state index in [-0.39, 0.29) is 17.9 Å². The van der Waals surface area contributed by atoms with Gasteiger partial charge in [-0.15, -0.1) is 0 Å². The summed E-state index contributed by atoms with van der Waals surface area (Å²) in [5.41, 5.74) is 5.32. The van der Waals surface area contributed by atoms with Crippen molar-refractivity contribution < 1.29 is 14.4 Å². The van der Waals surface area contributed by atoms with E-state index in [2.05, 4.69) is 44.6 Å². The maximum Gasteiger partial charge on any atom is 0.223 e. The first-order valence-corrected chi connectivity index (χ1v) is 13.3. The summed E-state index contributed by atoms with van der Waals surface area (Å²) in [6.07, 6.45) is 8.80. The van der Waals surface area contributed by atoms with Crippen LogP contribution in [0.15, 0.2) is 71.8 Å². The maximum absolute atomic E-state index is 12.9. The van der Waals surface area contributed by atoms with Gasteiger partial charge in [-0.1, -0.05) is 41.6 Å². The summed E-state index contributed by atoms with van der Waals surface area (Å²) >= 11 is 0. The van der Waals surface area contributed by atoms with E-state index in [4.69, 9.17) is 9.57 Å². The molecular formula is C30H33N5O3. The van der Waals surface area contributed by atoms with Gasteiger partial charge >= 0.3 is 0 Å². The number of methoxy groups -OCH3 is 1. The number of carbonyl (C=O) groups excluding carboxylic acids is 1. The molecule has 1 amide bonds. The summed E-state index contributed by atoms with van der Waals surface area (Å²) in [5.74, 6) is 2.18. The number of carbonyl (C=O) groups is 1. The Morgan fingerprint density at radius 2 is 2.11 bits per heavy atom. The van der Waals surface area contributed by atoms with Crippen molar-refractivity contribution in [3.63, 3.8) is 0 Å². The third-order valence-electron chi connectivity index (χ3n) is 7.66. The number of oxime groups is 1. The molecular weight excluding hydrogens is 478 g/mol. The second kappa shape index (κ2) is 10.4. The van der Waals surface area contributed by atoms with Gasteiger partial charge in [0.2, 0.25) is 5.91 Å². The van der Waals surface area contributed by atoms with Crippen molar-refractivity contribution in [1.29, 1.82) is 0 Å². The Kier molecular flexibility index (Phi) is 6.62. The zero-order chi connectivity index (χ0) is 26.1. The Balaban J connectivity index is 1.13. The minimum atomic E-state index is 0.0606. The molecule has 1 saturated carbocycles. The number of ether oxygens (including phenoxy) is 1. The zero-order valence-electron chi connectivity index (χ0n) is 21.8.